The van der Waals surface area contributed by atoms with Crippen LogP contribution in [0.15, 0.2) is 42.6 Å². The third kappa shape index (κ3) is 4.40. The number of aliphatic carboxylic acids is 1. The van der Waals surface area contributed by atoms with Crippen molar-refractivity contribution in [1.29, 1.82) is 0 Å². The number of carbonyl (C=O) groups is 1. The number of halogens is 4. The van der Waals surface area contributed by atoms with Crippen molar-refractivity contribution in [3.8, 4) is 11.4 Å². The number of fused-ring (bicyclic) bond motifs is 1. The molecule has 0 atom stereocenters. The van der Waals surface area contributed by atoms with Gasteiger partial charge in [0.2, 0.25) is 0 Å². The van der Waals surface area contributed by atoms with E-state index in [-0.39, 0.29) is 18.7 Å². The lowest BCUT2D eigenvalue weighted by molar-refractivity contribution is -0.138. The minimum absolute atomic E-state index is 0.0599. The second-order valence-electron chi connectivity index (χ2n) is 7.06. The fourth-order valence-electron chi connectivity index (χ4n) is 3.22. The smallest absolute Gasteiger partial charge is 0.417 e. The van der Waals surface area contributed by atoms with Gasteiger partial charge < -0.3 is 14.8 Å². The molecule has 2 heterocycles. The van der Waals surface area contributed by atoms with Gasteiger partial charge in [-0.05, 0) is 48.9 Å². The number of alkyl halides is 3. The highest BCUT2D eigenvalue weighted by atomic mass is 35.5. The lowest BCUT2D eigenvalue weighted by Crippen LogP contribution is -2.07. The molecule has 11 heteroatoms. The lowest BCUT2D eigenvalue weighted by atomic mass is 10.1. The van der Waals surface area contributed by atoms with Crippen LogP contribution >= 0.6 is 11.6 Å². The number of nitrogens with one attached hydrogen (secondary N) is 1. The number of aromatic nitrogens is 4. The van der Waals surface area contributed by atoms with Gasteiger partial charge in [0.05, 0.1) is 28.4 Å². The molecule has 0 unspecified atom stereocenters. The molecule has 0 aliphatic rings. The number of aromatic amines is 1. The summed E-state index contributed by atoms with van der Waals surface area (Å²) in [7, 11) is 0. The number of carboxylic acid groups (broad SMARTS) is 1. The second-order valence-corrected chi connectivity index (χ2v) is 7.47. The van der Waals surface area contributed by atoms with Gasteiger partial charge in [-0.3, -0.25) is 4.79 Å². The van der Waals surface area contributed by atoms with E-state index in [9.17, 15) is 18.0 Å². The zero-order chi connectivity index (χ0) is 23.0. The van der Waals surface area contributed by atoms with Crippen LogP contribution in [-0.2, 0) is 24.0 Å². The Bertz CT molecular complexity index is 1310. The molecule has 0 fully saturated rings. The molecule has 0 aliphatic carbocycles. The largest absolute Gasteiger partial charge is 0.487 e. The average Bonchev–Trinajstić information content (AvgIpc) is 3.28. The molecular formula is C21H16ClF3N4O3. The predicted molar refractivity (Wildman–Crippen MR) is 110 cm³/mol. The minimum Gasteiger partial charge on any atom is -0.487 e. The van der Waals surface area contributed by atoms with Crippen LogP contribution in [-0.4, -0.2) is 31.1 Å². The molecule has 32 heavy (non-hydrogen) atoms. The molecule has 4 rings (SSSR count). The number of H-pyrrole nitrogens is 1. The zero-order valence-corrected chi connectivity index (χ0v) is 17.3. The topological polar surface area (TPSA) is 93.0 Å². The summed E-state index contributed by atoms with van der Waals surface area (Å²) in [6, 6.07) is 8.52. The van der Waals surface area contributed by atoms with Crippen molar-refractivity contribution in [2.24, 2.45) is 0 Å². The molecule has 0 bridgehead atoms. The van der Waals surface area contributed by atoms with E-state index in [1.807, 2.05) is 0 Å². The number of hydrogen-bond donors (Lipinski definition) is 2. The van der Waals surface area contributed by atoms with E-state index in [4.69, 9.17) is 21.4 Å². The standard InChI is InChI=1S/C21H16ClF3N4O3/c1-11-19(28-29(27-11)13-2-4-16(17(22)7-13)21(23,24)25)10-32-14-3-5-18-15(8-14)12(9-26-18)6-20(30)31/h2-5,7-9,26H,6,10H2,1H3,(H,30,31). The molecule has 166 valence electrons. The molecule has 0 saturated carbocycles. The summed E-state index contributed by atoms with van der Waals surface area (Å²) in [6.45, 7) is 1.76. The number of hydrogen-bond acceptors (Lipinski definition) is 4. The highest BCUT2D eigenvalue weighted by molar-refractivity contribution is 6.31. The summed E-state index contributed by atoms with van der Waals surface area (Å²) in [5.74, 6) is -0.428. The van der Waals surface area contributed by atoms with E-state index in [0.29, 0.717) is 22.7 Å². The van der Waals surface area contributed by atoms with Crippen LogP contribution in [0.25, 0.3) is 16.6 Å². The summed E-state index contributed by atoms with van der Waals surface area (Å²) in [5.41, 5.74) is 1.80. The Hall–Kier alpha value is -3.53. The van der Waals surface area contributed by atoms with Crippen LogP contribution in [0, 0.1) is 6.92 Å². The predicted octanol–water partition coefficient (Wildman–Crippen LogP) is 4.94. The van der Waals surface area contributed by atoms with Crippen LogP contribution in [0.5, 0.6) is 5.75 Å². The first kappa shape index (κ1) is 21.7. The van der Waals surface area contributed by atoms with E-state index >= 15 is 0 Å². The lowest BCUT2D eigenvalue weighted by Gasteiger charge is -2.09. The molecule has 0 radical (unpaired) electrons. The Labute approximate surface area is 184 Å². The second kappa shape index (κ2) is 8.19. The first-order chi connectivity index (χ1) is 15.1. The van der Waals surface area contributed by atoms with Crippen LogP contribution in [0.3, 0.4) is 0 Å². The van der Waals surface area contributed by atoms with Gasteiger partial charge in [-0.15, -0.1) is 5.10 Å². The maximum atomic E-state index is 12.9. The number of rotatable bonds is 6. The normalized spacial score (nSPS) is 11.8. The molecule has 0 spiro atoms. The maximum absolute atomic E-state index is 12.9. The van der Waals surface area contributed by atoms with Crippen molar-refractivity contribution < 1.29 is 27.8 Å². The number of benzene rings is 2. The Balaban J connectivity index is 1.53. The van der Waals surface area contributed by atoms with Crippen molar-refractivity contribution in [1.82, 2.24) is 20.0 Å². The average molecular weight is 465 g/mol. The monoisotopic (exact) mass is 464 g/mol. The minimum atomic E-state index is -4.55. The Morgan fingerprint density at radius 3 is 2.69 bits per heavy atom. The fraction of sp³-hybridized carbons (Fsp3) is 0.190. The summed E-state index contributed by atoms with van der Waals surface area (Å²) in [4.78, 5) is 15.2. The number of aryl methyl sites for hydroxylation is 1. The van der Waals surface area contributed by atoms with E-state index in [1.54, 1.807) is 31.3 Å². The molecular weight excluding hydrogens is 449 g/mol. The number of ether oxygens (including phenoxy) is 1. The molecule has 7 nitrogen and oxygen atoms in total. The summed E-state index contributed by atoms with van der Waals surface area (Å²) in [6.07, 6.45) is -3.02. The number of carboxylic acids is 1. The van der Waals surface area contributed by atoms with E-state index in [0.717, 1.165) is 23.0 Å². The van der Waals surface area contributed by atoms with Crippen molar-refractivity contribution >= 4 is 28.5 Å². The SMILES string of the molecule is Cc1nn(-c2ccc(C(F)(F)F)c(Cl)c2)nc1COc1ccc2[nH]cc(CC(=O)O)c2c1. The zero-order valence-electron chi connectivity index (χ0n) is 16.6. The first-order valence-corrected chi connectivity index (χ1v) is 9.74. The molecule has 0 saturated heterocycles. The first-order valence-electron chi connectivity index (χ1n) is 9.36. The van der Waals surface area contributed by atoms with E-state index < -0.39 is 22.7 Å². The maximum Gasteiger partial charge on any atom is 0.417 e. The van der Waals surface area contributed by atoms with Gasteiger partial charge in [0.25, 0.3) is 0 Å². The quantitative estimate of drug-likeness (QED) is 0.422. The van der Waals surface area contributed by atoms with E-state index in [1.165, 1.54) is 10.9 Å². The molecule has 4 aromatic rings. The van der Waals surface area contributed by atoms with Gasteiger partial charge >= 0.3 is 12.1 Å². The van der Waals surface area contributed by atoms with Crippen LogP contribution in [0.4, 0.5) is 13.2 Å². The molecule has 0 amide bonds. The van der Waals surface area contributed by atoms with Crippen LogP contribution in [0.1, 0.15) is 22.5 Å². The van der Waals surface area contributed by atoms with Gasteiger partial charge in [0, 0.05) is 17.1 Å². The molecule has 2 N–H and O–H groups in total. The highest BCUT2D eigenvalue weighted by Gasteiger charge is 2.33. The van der Waals surface area contributed by atoms with Crippen molar-refractivity contribution in [2.75, 3.05) is 0 Å². The summed E-state index contributed by atoms with van der Waals surface area (Å²) in [5, 5.41) is 17.9. The van der Waals surface area contributed by atoms with Crippen LogP contribution < -0.4 is 4.74 Å². The van der Waals surface area contributed by atoms with Gasteiger partial charge in [-0.1, -0.05) is 11.6 Å². The summed E-state index contributed by atoms with van der Waals surface area (Å²) < 4.78 is 44.5. The third-order valence-corrected chi connectivity index (χ3v) is 5.14. The Kier molecular flexibility index (Phi) is 5.55. The molecule has 2 aromatic carbocycles. The Morgan fingerprint density at radius 1 is 1.22 bits per heavy atom. The van der Waals surface area contributed by atoms with Gasteiger partial charge in [-0.2, -0.15) is 23.1 Å². The van der Waals surface area contributed by atoms with Gasteiger partial charge in [-0.25, -0.2) is 0 Å². The number of nitrogens with zero attached hydrogens (tertiary/aromatic N) is 3. The Morgan fingerprint density at radius 2 is 2.00 bits per heavy atom. The van der Waals surface area contributed by atoms with Gasteiger partial charge in [0.15, 0.2) is 0 Å². The molecule has 2 aromatic heterocycles. The van der Waals surface area contributed by atoms with Crippen molar-refractivity contribution in [3.05, 3.63) is 70.1 Å². The molecule has 0 aliphatic heterocycles. The van der Waals surface area contributed by atoms with Gasteiger partial charge in [0.1, 0.15) is 18.1 Å². The summed E-state index contributed by atoms with van der Waals surface area (Å²) >= 11 is 5.78. The van der Waals surface area contributed by atoms with Crippen molar-refractivity contribution in [3.63, 3.8) is 0 Å². The van der Waals surface area contributed by atoms with Crippen molar-refractivity contribution in [2.45, 2.75) is 26.1 Å². The highest BCUT2D eigenvalue weighted by Crippen LogP contribution is 2.35. The fourth-order valence-corrected chi connectivity index (χ4v) is 3.51. The third-order valence-electron chi connectivity index (χ3n) is 4.82. The van der Waals surface area contributed by atoms with E-state index in [2.05, 4.69) is 15.2 Å². The van der Waals surface area contributed by atoms with Crippen LogP contribution in [0.2, 0.25) is 5.02 Å².